The molecule has 0 aliphatic rings. The molecule has 1 aromatic carbocycles. The van der Waals surface area contributed by atoms with Gasteiger partial charge in [0.1, 0.15) is 5.82 Å². The van der Waals surface area contributed by atoms with Crippen LogP contribution in [0.1, 0.15) is 127 Å². The van der Waals surface area contributed by atoms with Crippen molar-refractivity contribution < 1.29 is 0 Å². The largest absolute Gasteiger partial charge is 0.237 e. The maximum Gasteiger partial charge on any atom is 0.129 e. The summed E-state index contributed by atoms with van der Waals surface area (Å²) in [6.07, 6.45) is 2.98. The van der Waals surface area contributed by atoms with Gasteiger partial charge in [0.25, 0.3) is 0 Å². The third-order valence-corrected chi connectivity index (χ3v) is 6.13. The van der Waals surface area contributed by atoms with E-state index in [0.29, 0.717) is 11.8 Å². The molecule has 2 rings (SSSR count). The first kappa shape index (κ1) is 24.6. The first-order valence-electron chi connectivity index (χ1n) is 11.9. The summed E-state index contributed by atoms with van der Waals surface area (Å²) in [5.74, 6) is 1.76. The van der Waals surface area contributed by atoms with Gasteiger partial charge in [0.05, 0.1) is 11.4 Å². The van der Waals surface area contributed by atoms with E-state index in [0.717, 1.165) is 25.1 Å². The third-order valence-electron chi connectivity index (χ3n) is 6.13. The lowest BCUT2D eigenvalue weighted by molar-refractivity contribution is 0.486. The Kier molecular flexibility index (Phi) is 7.54. The molecular weight excluding hydrogens is 364 g/mol. The number of hydrogen-bond donors (Lipinski definition) is 0. The summed E-state index contributed by atoms with van der Waals surface area (Å²) in [5.41, 5.74) is 8.24. The maximum absolute atomic E-state index is 5.19. The van der Waals surface area contributed by atoms with Crippen LogP contribution in [0.2, 0.25) is 0 Å². The molecule has 0 unspecified atom stereocenters. The molecule has 0 aliphatic heterocycles. The van der Waals surface area contributed by atoms with Crippen LogP contribution in [0.4, 0.5) is 0 Å². The molecule has 166 valence electrons. The SMILES string of the molecule is CCc1cccc(CC)c1C(C)(C)Cc1nc(C(C)C)c(C(C)(C)C)c(C(C)C)n1. The molecule has 0 saturated carbocycles. The molecular formula is C28H44N2. The second-order valence-electron chi connectivity index (χ2n) is 11.1. The first-order valence-corrected chi connectivity index (χ1v) is 11.9. The summed E-state index contributed by atoms with van der Waals surface area (Å²) >= 11 is 0. The fourth-order valence-corrected chi connectivity index (χ4v) is 4.82. The minimum atomic E-state index is -0.0102. The van der Waals surface area contributed by atoms with Gasteiger partial charge in [-0.15, -0.1) is 0 Å². The molecule has 0 N–H and O–H groups in total. The van der Waals surface area contributed by atoms with Gasteiger partial charge >= 0.3 is 0 Å². The highest BCUT2D eigenvalue weighted by Gasteiger charge is 2.31. The molecule has 0 radical (unpaired) electrons. The van der Waals surface area contributed by atoms with Crippen LogP contribution in [0.15, 0.2) is 18.2 Å². The summed E-state index contributed by atoms with van der Waals surface area (Å²) in [6.45, 7) is 25.2. The van der Waals surface area contributed by atoms with E-state index in [9.17, 15) is 0 Å². The molecule has 0 atom stereocenters. The number of nitrogens with zero attached hydrogens (tertiary/aromatic N) is 2. The Labute approximate surface area is 185 Å². The Morgan fingerprint density at radius 2 is 1.17 bits per heavy atom. The van der Waals surface area contributed by atoms with Crippen molar-refractivity contribution >= 4 is 0 Å². The predicted octanol–water partition coefficient (Wildman–Crippen LogP) is 7.67. The van der Waals surface area contributed by atoms with Gasteiger partial charge < -0.3 is 0 Å². The fourth-order valence-electron chi connectivity index (χ4n) is 4.82. The Morgan fingerprint density at radius 1 is 0.733 bits per heavy atom. The van der Waals surface area contributed by atoms with Crippen LogP contribution < -0.4 is 0 Å². The van der Waals surface area contributed by atoms with Gasteiger partial charge in [0.15, 0.2) is 0 Å². The predicted molar refractivity (Wildman–Crippen MR) is 131 cm³/mol. The number of hydrogen-bond acceptors (Lipinski definition) is 2. The van der Waals surface area contributed by atoms with Gasteiger partial charge in [-0.3, -0.25) is 0 Å². The average molecular weight is 409 g/mol. The van der Waals surface area contributed by atoms with Crippen LogP contribution in [0.25, 0.3) is 0 Å². The summed E-state index contributed by atoms with van der Waals surface area (Å²) < 4.78 is 0. The average Bonchev–Trinajstić information content (AvgIpc) is 2.65. The standard InChI is InChI=1S/C28H44N2/c1-12-20-15-14-16-21(13-2)23(20)28(10,11)17-22-29-25(18(3)4)24(27(7,8)9)26(30-22)19(5)6/h14-16,18-19H,12-13,17H2,1-11H3. The smallest absolute Gasteiger partial charge is 0.129 e. The highest BCUT2D eigenvalue weighted by atomic mass is 14.9. The second kappa shape index (κ2) is 9.20. The lowest BCUT2D eigenvalue weighted by Crippen LogP contribution is -2.28. The number of rotatable bonds is 7. The minimum absolute atomic E-state index is 0.0102. The maximum atomic E-state index is 5.19. The topological polar surface area (TPSA) is 25.8 Å². The van der Waals surface area contributed by atoms with Crippen LogP contribution in [-0.4, -0.2) is 9.97 Å². The number of aryl methyl sites for hydroxylation is 2. The summed E-state index contributed by atoms with van der Waals surface area (Å²) in [5, 5.41) is 0. The number of benzene rings is 1. The summed E-state index contributed by atoms with van der Waals surface area (Å²) in [7, 11) is 0. The van der Waals surface area contributed by atoms with E-state index in [1.807, 2.05) is 0 Å². The molecule has 1 aromatic heterocycles. The van der Waals surface area contributed by atoms with Crippen LogP contribution in [-0.2, 0) is 30.1 Å². The molecule has 0 bridgehead atoms. The molecule has 2 aromatic rings. The van der Waals surface area contributed by atoms with Gasteiger partial charge in [-0.05, 0) is 52.2 Å². The zero-order valence-electron chi connectivity index (χ0n) is 21.4. The Hall–Kier alpha value is -1.70. The molecule has 0 amide bonds. The summed E-state index contributed by atoms with van der Waals surface area (Å²) in [6, 6.07) is 6.79. The van der Waals surface area contributed by atoms with E-state index >= 15 is 0 Å². The van der Waals surface area contributed by atoms with Crippen LogP contribution in [0.3, 0.4) is 0 Å². The highest BCUT2D eigenvalue weighted by molar-refractivity contribution is 5.42. The zero-order chi connectivity index (χ0) is 22.9. The number of aromatic nitrogens is 2. The van der Waals surface area contributed by atoms with Crippen LogP contribution in [0.5, 0.6) is 0 Å². The Bertz CT molecular complexity index is 815. The van der Waals surface area contributed by atoms with E-state index < -0.39 is 0 Å². The highest BCUT2D eigenvalue weighted by Crippen LogP contribution is 2.37. The molecule has 2 heteroatoms. The van der Waals surface area contributed by atoms with Crippen molar-refractivity contribution in [1.82, 2.24) is 9.97 Å². The van der Waals surface area contributed by atoms with Gasteiger partial charge in [0, 0.05) is 12.0 Å². The molecule has 30 heavy (non-hydrogen) atoms. The zero-order valence-corrected chi connectivity index (χ0v) is 21.4. The Balaban J connectivity index is 2.66. The van der Waals surface area contributed by atoms with Crippen molar-refractivity contribution in [1.29, 1.82) is 0 Å². The van der Waals surface area contributed by atoms with Crippen molar-refractivity contribution in [3.63, 3.8) is 0 Å². The van der Waals surface area contributed by atoms with Gasteiger partial charge in [-0.2, -0.15) is 0 Å². The summed E-state index contributed by atoms with van der Waals surface area (Å²) in [4.78, 5) is 10.4. The first-order chi connectivity index (χ1) is 13.8. The van der Waals surface area contributed by atoms with Gasteiger partial charge in [-0.1, -0.05) is 94.4 Å². The molecule has 1 heterocycles. The van der Waals surface area contributed by atoms with E-state index in [1.165, 1.54) is 33.6 Å². The van der Waals surface area contributed by atoms with Crippen LogP contribution >= 0.6 is 0 Å². The van der Waals surface area contributed by atoms with E-state index in [1.54, 1.807) is 0 Å². The van der Waals surface area contributed by atoms with Crippen molar-refractivity contribution in [2.75, 3.05) is 0 Å². The lowest BCUT2D eigenvalue weighted by Gasteiger charge is -2.32. The minimum Gasteiger partial charge on any atom is -0.237 e. The fraction of sp³-hybridized carbons (Fsp3) is 0.643. The third kappa shape index (κ3) is 5.13. The van der Waals surface area contributed by atoms with E-state index in [-0.39, 0.29) is 10.8 Å². The van der Waals surface area contributed by atoms with Crippen molar-refractivity contribution in [2.24, 2.45) is 0 Å². The monoisotopic (exact) mass is 408 g/mol. The van der Waals surface area contributed by atoms with Crippen molar-refractivity contribution in [2.45, 2.75) is 118 Å². The van der Waals surface area contributed by atoms with Gasteiger partial charge in [-0.25, -0.2) is 9.97 Å². The van der Waals surface area contributed by atoms with E-state index in [4.69, 9.17) is 9.97 Å². The quantitative estimate of drug-likeness (QED) is 0.470. The molecule has 0 fully saturated rings. The Morgan fingerprint density at radius 3 is 1.50 bits per heavy atom. The second-order valence-corrected chi connectivity index (χ2v) is 11.1. The van der Waals surface area contributed by atoms with E-state index in [2.05, 4.69) is 94.4 Å². The lowest BCUT2D eigenvalue weighted by atomic mass is 9.75. The molecule has 0 spiro atoms. The normalized spacial score (nSPS) is 12.8. The molecule has 0 saturated heterocycles. The van der Waals surface area contributed by atoms with Crippen molar-refractivity contribution in [3.8, 4) is 0 Å². The van der Waals surface area contributed by atoms with Gasteiger partial charge in [0.2, 0.25) is 0 Å². The molecule has 2 nitrogen and oxygen atoms in total. The van der Waals surface area contributed by atoms with Crippen LogP contribution in [0, 0.1) is 0 Å². The molecule has 0 aliphatic carbocycles. The van der Waals surface area contributed by atoms with Crippen molar-refractivity contribution in [3.05, 3.63) is 57.7 Å².